The van der Waals surface area contributed by atoms with Gasteiger partial charge in [0, 0.05) is 28.1 Å². The number of ketones is 2. The van der Waals surface area contributed by atoms with Crippen molar-refractivity contribution in [1.29, 1.82) is 0 Å². The molecule has 3 heterocycles. The van der Waals surface area contributed by atoms with Gasteiger partial charge in [-0.1, -0.05) is 48.0 Å². The molecule has 1 saturated heterocycles. The number of nitrogens with one attached hydrogen (secondary N) is 1. The van der Waals surface area contributed by atoms with Crippen molar-refractivity contribution >= 4 is 34.4 Å². The van der Waals surface area contributed by atoms with E-state index in [2.05, 4.69) is 11.4 Å². The highest BCUT2D eigenvalue weighted by Gasteiger charge is 2.70. The van der Waals surface area contributed by atoms with E-state index in [1.165, 1.54) is 31.4 Å². The highest BCUT2D eigenvalue weighted by molar-refractivity contribution is 6.18. The van der Waals surface area contributed by atoms with Crippen LogP contribution in [0.3, 0.4) is 0 Å². The van der Waals surface area contributed by atoms with E-state index < -0.39 is 35.0 Å². The van der Waals surface area contributed by atoms with Crippen molar-refractivity contribution in [3.05, 3.63) is 131 Å². The van der Waals surface area contributed by atoms with Gasteiger partial charge in [-0.15, -0.1) is 0 Å². The Morgan fingerprint density at radius 1 is 0.884 bits per heavy atom. The van der Waals surface area contributed by atoms with Crippen LogP contribution in [0.2, 0.25) is 0 Å². The minimum Gasteiger partial charge on any atom is -0.497 e. The molecule has 4 aromatic carbocycles. The van der Waals surface area contributed by atoms with Crippen LogP contribution in [0, 0.1) is 18.7 Å². The number of ether oxygens (including phenoxy) is 1. The van der Waals surface area contributed by atoms with Gasteiger partial charge in [-0.25, -0.2) is 4.39 Å². The van der Waals surface area contributed by atoms with Crippen LogP contribution >= 0.6 is 0 Å². The van der Waals surface area contributed by atoms with E-state index in [0.29, 0.717) is 22.6 Å². The molecule has 1 amide bonds. The predicted octanol–water partition coefficient (Wildman–Crippen LogP) is 6.39. The summed E-state index contributed by atoms with van der Waals surface area (Å²) in [5, 5.41) is 3.04. The molecule has 3 aliphatic heterocycles. The Hall–Kier alpha value is -5.04. The van der Waals surface area contributed by atoms with E-state index in [4.69, 9.17) is 4.74 Å². The zero-order chi connectivity index (χ0) is 30.0. The summed E-state index contributed by atoms with van der Waals surface area (Å²) in [5.74, 6) is -2.16. The SMILES string of the molecule is COc1cccc(C(=O)[C@@H]2[C@@H](C(=O)c3ccc(F)cc3)[C@]3(C(=O)Nc4ccccc43)[C@H]3C=C(C)c4cc(C)ccc4N23)c1. The fourth-order valence-electron chi connectivity index (χ4n) is 7.29. The van der Waals surface area contributed by atoms with Crippen molar-refractivity contribution in [2.75, 3.05) is 17.3 Å². The molecule has 43 heavy (non-hydrogen) atoms. The zero-order valence-electron chi connectivity index (χ0n) is 23.9. The fraction of sp³-hybridized carbons (Fsp3) is 0.194. The smallest absolute Gasteiger partial charge is 0.238 e. The Bertz CT molecular complexity index is 1860. The second kappa shape index (κ2) is 9.76. The molecule has 0 aliphatic carbocycles. The lowest BCUT2D eigenvalue weighted by Gasteiger charge is -2.39. The third kappa shape index (κ3) is 3.80. The summed E-state index contributed by atoms with van der Waals surface area (Å²) in [5.41, 5.74) is 4.16. The first-order valence-corrected chi connectivity index (χ1v) is 14.2. The van der Waals surface area contributed by atoms with Gasteiger partial charge in [0.2, 0.25) is 5.91 Å². The molecule has 214 valence electrons. The molecule has 6 nitrogen and oxygen atoms in total. The van der Waals surface area contributed by atoms with Gasteiger partial charge in [-0.05, 0) is 79.6 Å². The van der Waals surface area contributed by atoms with Gasteiger partial charge >= 0.3 is 0 Å². The fourth-order valence-corrected chi connectivity index (χ4v) is 7.29. The molecule has 4 atom stereocenters. The summed E-state index contributed by atoms with van der Waals surface area (Å²) in [7, 11) is 1.53. The molecule has 7 heteroatoms. The number of nitrogens with zero attached hydrogens (tertiary/aromatic N) is 1. The summed E-state index contributed by atoms with van der Waals surface area (Å²) in [6.45, 7) is 4.00. The molecular formula is C36H29FN2O4. The first-order chi connectivity index (χ1) is 20.7. The number of halogens is 1. The standard InChI is InChI=1S/C36H29FN2O4/c1-20-11-16-29-26(17-20)21(2)18-30-36(27-9-4-5-10-28(27)38-35(36)42)31(33(40)22-12-14-24(37)15-13-22)32(39(29)30)34(41)23-7-6-8-25(19-23)43-3/h4-19,30-32H,1-3H3,(H,38,42)/t30-,31+,32+,36-/m1/s1. The van der Waals surface area contributed by atoms with Crippen LogP contribution in [-0.4, -0.2) is 36.7 Å². The Kier molecular flexibility index (Phi) is 6.09. The third-order valence-electron chi connectivity index (χ3n) is 9.17. The molecule has 1 fully saturated rings. The third-order valence-corrected chi connectivity index (χ3v) is 9.17. The van der Waals surface area contributed by atoms with E-state index >= 15 is 0 Å². The topological polar surface area (TPSA) is 75.7 Å². The average Bonchev–Trinajstić information content (AvgIpc) is 3.49. The molecule has 3 aliphatic rings. The molecule has 4 aromatic rings. The number of methoxy groups -OCH3 is 1. The number of rotatable bonds is 5. The van der Waals surface area contributed by atoms with E-state index in [1.807, 2.05) is 61.2 Å². The quantitative estimate of drug-likeness (QED) is 0.281. The van der Waals surface area contributed by atoms with Gasteiger partial charge < -0.3 is 15.0 Å². The molecule has 0 unspecified atom stereocenters. The second-order valence-corrected chi connectivity index (χ2v) is 11.5. The number of carbonyl (C=O) groups excluding carboxylic acids is 3. The molecule has 0 bridgehead atoms. The number of Topliss-reactive ketones (excluding diaryl/α,β-unsaturated/α-hetero) is 2. The molecule has 1 N–H and O–H groups in total. The number of fused-ring (bicyclic) bond motifs is 6. The van der Waals surface area contributed by atoms with Crippen LogP contribution in [-0.2, 0) is 10.2 Å². The lowest BCUT2D eigenvalue weighted by molar-refractivity contribution is -0.121. The van der Waals surface area contributed by atoms with Gasteiger partial charge in [0.1, 0.15) is 23.0 Å². The maximum atomic E-state index is 14.8. The average molecular weight is 573 g/mol. The van der Waals surface area contributed by atoms with Crippen molar-refractivity contribution in [3.63, 3.8) is 0 Å². The van der Waals surface area contributed by atoms with Gasteiger partial charge in [0.05, 0.1) is 19.1 Å². The summed E-state index contributed by atoms with van der Waals surface area (Å²) < 4.78 is 19.4. The van der Waals surface area contributed by atoms with E-state index in [1.54, 1.807) is 24.3 Å². The zero-order valence-corrected chi connectivity index (χ0v) is 23.9. The van der Waals surface area contributed by atoms with Crippen molar-refractivity contribution in [3.8, 4) is 5.75 Å². The maximum absolute atomic E-state index is 14.8. The highest BCUT2D eigenvalue weighted by atomic mass is 19.1. The summed E-state index contributed by atoms with van der Waals surface area (Å²) in [4.78, 5) is 46.1. The molecule has 1 spiro atoms. The van der Waals surface area contributed by atoms with Crippen LogP contribution in [0.5, 0.6) is 5.75 Å². The minimum atomic E-state index is -1.44. The molecular weight excluding hydrogens is 543 g/mol. The number of amides is 1. The van der Waals surface area contributed by atoms with E-state index in [0.717, 1.165) is 22.4 Å². The number of allylic oxidation sites excluding steroid dienone is 1. The van der Waals surface area contributed by atoms with Crippen LogP contribution in [0.1, 0.15) is 44.3 Å². The Morgan fingerprint density at radius 2 is 1.65 bits per heavy atom. The van der Waals surface area contributed by atoms with Gasteiger partial charge in [-0.2, -0.15) is 0 Å². The Balaban J connectivity index is 1.55. The van der Waals surface area contributed by atoms with Crippen LogP contribution < -0.4 is 15.0 Å². The number of hydrogen-bond donors (Lipinski definition) is 1. The van der Waals surface area contributed by atoms with Crippen LogP contribution in [0.4, 0.5) is 15.8 Å². The molecule has 0 aromatic heterocycles. The van der Waals surface area contributed by atoms with Gasteiger partial charge in [0.25, 0.3) is 0 Å². The van der Waals surface area contributed by atoms with Crippen molar-refractivity contribution in [1.82, 2.24) is 0 Å². The first-order valence-electron chi connectivity index (χ1n) is 14.2. The minimum absolute atomic E-state index is 0.232. The Labute approximate surface area is 248 Å². The van der Waals surface area contributed by atoms with Gasteiger partial charge in [-0.3, -0.25) is 14.4 Å². The van der Waals surface area contributed by atoms with Crippen molar-refractivity contribution in [2.24, 2.45) is 5.92 Å². The predicted molar refractivity (Wildman–Crippen MR) is 163 cm³/mol. The first kappa shape index (κ1) is 26.8. The molecule has 0 radical (unpaired) electrons. The maximum Gasteiger partial charge on any atom is 0.238 e. The highest BCUT2D eigenvalue weighted by Crippen LogP contribution is 2.59. The summed E-state index contributed by atoms with van der Waals surface area (Å²) >= 11 is 0. The number of anilines is 2. The number of hydrogen-bond acceptors (Lipinski definition) is 5. The summed E-state index contributed by atoms with van der Waals surface area (Å²) in [6.07, 6.45) is 2.02. The normalized spacial score (nSPS) is 23.3. The van der Waals surface area contributed by atoms with E-state index in [9.17, 15) is 18.8 Å². The number of aryl methyl sites for hydroxylation is 1. The number of carbonyl (C=O) groups is 3. The number of benzene rings is 4. The van der Waals surface area contributed by atoms with Crippen molar-refractivity contribution < 1.29 is 23.5 Å². The van der Waals surface area contributed by atoms with Gasteiger partial charge in [0.15, 0.2) is 11.6 Å². The molecule has 0 saturated carbocycles. The van der Waals surface area contributed by atoms with Crippen molar-refractivity contribution in [2.45, 2.75) is 31.3 Å². The molecule has 7 rings (SSSR count). The summed E-state index contributed by atoms with van der Waals surface area (Å²) in [6, 6.07) is 23.8. The van der Waals surface area contributed by atoms with Crippen LogP contribution in [0.15, 0.2) is 97.1 Å². The number of para-hydroxylation sites is 1. The second-order valence-electron chi connectivity index (χ2n) is 11.5. The van der Waals surface area contributed by atoms with E-state index in [-0.39, 0.29) is 17.3 Å². The monoisotopic (exact) mass is 572 g/mol. The Morgan fingerprint density at radius 3 is 2.42 bits per heavy atom. The lowest BCUT2D eigenvalue weighted by Crippen LogP contribution is -2.51. The lowest BCUT2D eigenvalue weighted by atomic mass is 9.64. The largest absolute Gasteiger partial charge is 0.497 e. The van der Waals surface area contributed by atoms with Crippen LogP contribution in [0.25, 0.3) is 5.57 Å².